The van der Waals surface area contributed by atoms with Gasteiger partial charge in [0.05, 0.1) is 11.2 Å². The predicted octanol–water partition coefficient (Wildman–Crippen LogP) is 2.35. The highest BCUT2D eigenvalue weighted by molar-refractivity contribution is 7.94. The quantitative estimate of drug-likeness (QED) is 0.823. The first-order valence-electron chi connectivity index (χ1n) is 5.83. The summed E-state index contributed by atoms with van der Waals surface area (Å²) in [5, 5.41) is 9.20. The number of aryl methyl sites for hydroxylation is 1. The van der Waals surface area contributed by atoms with Gasteiger partial charge in [-0.3, -0.25) is 4.72 Å². The van der Waals surface area contributed by atoms with Gasteiger partial charge < -0.3 is 5.11 Å². The van der Waals surface area contributed by atoms with Crippen LogP contribution in [0.25, 0.3) is 6.08 Å². The van der Waals surface area contributed by atoms with Gasteiger partial charge in [0.2, 0.25) is 0 Å². The predicted molar refractivity (Wildman–Crippen MR) is 80.8 cm³/mol. The number of thiazole rings is 1. The molecule has 6 nitrogen and oxygen atoms in total. The van der Waals surface area contributed by atoms with Crippen LogP contribution in [0.3, 0.4) is 0 Å². The van der Waals surface area contributed by atoms with E-state index < -0.39 is 16.0 Å². The van der Waals surface area contributed by atoms with Crippen molar-refractivity contribution in [2.24, 2.45) is 0 Å². The maximum Gasteiger partial charge on any atom is 0.328 e. The normalized spacial score (nSPS) is 11.7. The minimum atomic E-state index is -3.64. The van der Waals surface area contributed by atoms with Crippen molar-refractivity contribution < 1.29 is 18.3 Å². The molecule has 110 valence electrons. The van der Waals surface area contributed by atoms with Crippen molar-refractivity contribution in [3.8, 4) is 0 Å². The molecule has 1 aromatic heterocycles. The molecule has 0 unspecified atom stereocenters. The molecule has 0 bridgehead atoms. The monoisotopic (exact) mass is 324 g/mol. The summed E-state index contributed by atoms with van der Waals surface area (Å²) in [6, 6.07) is 6.37. The number of aliphatic carboxylic acids is 1. The van der Waals surface area contributed by atoms with Gasteiger partial charge in [0, 0.05) is 11.8 Å². The van der Waals surface area contributed by atoms with Crippen molar-refractivity contribution >= 4 is 39.1 Å². The maximum absolute atomic E-state index is 12.1. The Hall–Kier alpha value is -2.19. The van der Waals surface area contributed by atoms with E-state index in [2.05, 4.69) is 9.71 Å². The zero-order chi connectivity index (χ0) is 15.5. The van der Waals surface area contributed by atoms with Crippen molar-refractivity contribution in [1.82, 2.24) is 4.98 Å². The molecule has 0 saturated heterocycles. The van der Waals surface area contributed by atoms with Crippen LogP contribution in [-0.2, 0) is 14.8 Å². The van der Waals surface area contributed by atoms with Crippen molar-refractivity contribution in [1.29, 1.82) is 0 Å². The summed E-state index contributed by atoms with van der Waals surface area (Å²) in [5.41, 5.74) is 1.06. The minimum absolute atomic E-state index is 0.148. The standard InChI is InChI=1S/C13H12N2O4S2/c1-9-14-8-13(20-9)21(18,19)15-11-5-2-10(3-6-11)4-7-12(16)17/h2-8,15H,1H3,(H,16,17)/b7-4+. The molecule has 0 aliphatic rings. The third kappa shape index (κ3) is 4.14. The first kappa shape index (κ1) is 15.2. The molecule has 0 amide bonds. The Morgan fingerprint density at radius 2 is 2.00 bits per heavy atom. The molecule has 2 aromatic rings. The number of benzene rings is 1. The number of carbonyl (C=O) groups is 1. The summed E-state index contributed by atoms with van der Waals surface area (Å²) in [7, 11) is -3.64. The molecule has 21 heavy (non-hydrogen) atoms. The zero-order valence-corrected chi connectivity index (χ0v) is 12.6. The van der Waals surface area contributed by atoms with Crippen LogP contribution in [-0.4, -0.2) is 24.5 Å². The van der Waals surface area contributed by atoms with Crippen LogP contribution in [0.2, 0.25) is 0 Å². The molecule has 0 aliphatic carbocycles. The van der Waals surface area contributed by atoms with Crippen LogP contribution in [0.4, 0.5) is 5.69 Å². The number of hydrogen-bond acceptors (Lipinski definition) is 5. The van der Waals surface area contributed by atoms with E-state index in [4.69, 9.17) is 5.11 Å². The lowest BCUT2D eigenvalue weighted by Gasteiger charge is -2.05. The molecule has 2 rings (SSSR count). The third-order valence-electron chi connectivity index (χ3n) is 2.45. The van der Waals surface area contributed by atoms with E-state index in [9.17, 15) is 13.2 Å². The summed E-state index contributed by atoms with van der Waals surface area (Å²) in [4.78, 5) is 14.3. The van der Waals surface area contributed by atoms with Gasteiger partial charge in [0.15, 0.2) is 4.21 Å². The summed E-state index contributed by atoms with van der Waals surface area (Å²) in [6.45, 7) is 1.73. The average Bonchev–Trinajstić information content (AvgIpc) is 2.85. The Morgan fingerprint density at radius 3 is 2.52 bits per heavy atom. The number of nitrogens with zero attached hydrogens (tertiary/aromatic N) is 1. The Bertz CT molecular complexity index is 777. The molecule has 0 radical (unpaired) electrons. The smallest absolute Gasteiger partial charge is 0.328 e. The Kier molecular flexibility index (Phi) is 4.39. The number of hydrogen-bond donors (Lipinski definition) is 2. The Labute approximate surface area is 125 Å². The van der Waals surface area contributed by atoms with Gasteiger partial charge in [-0.25, -0.2) is 18.2 Å². The second kappa shape index (κ2) is 6.06. The summed E-state index contributed by atoms with van der Waals surface area (Å²) in [5.74, 6) is -1.04. The molecule has 8 heteroatoms. The van der Waals surface area contributed by atoms with Gasteiger partial charge in [0.1, 0.15) is 0 Å². The van der Waals surface area contributed by atoms with Gasteiger partial charge in [0.25, 0.3) is 10.0 Å². The van der Waals surface area contributed by atoms with Crippen molar-refractivity contribution in [2.45, 2.75) is 11.1 Å². The number of sulfonamides is 1. The molecule has 0 spiro atoms. The lowest BCUT2D eigenvalue weighted by molar-refractivity contribution is -0.131. The van der Waals surface area contributed by atoms with E-state index in [-0.39, 0.29) is 4.21 Å². The number of anilines is 1. The van der Waals surface area contributed by atoms with Crippen molar-refractivity contribution in [2.75, 3.05) is 4.72 Å². The second-order valence-corrected chi connectivity index (χ2v) is 7.24. The van der Waals surface area contributed by atoms with Crippen molar-refractivity contribution in [3.05, 3.63) is 47.1 Å². The highest BCUT2D eigenvalue weighted by Gasteiger charge is 2.16. The van der Waals surface area contributed by atoms with E-state index in [0.717, 1.165) is 17.4 Å². The molecule has 0 saturated carbocycles. The summed E-state index contributed by atoms with van der Waals surface area (Å²) >= 11 is 1.09. The number of rotatable bonds is 5. The molecular weight excluding hydrogens is 312 g/mol. The first-order chi connectivity index (χ1) is 9.87. The van der Waals surface area contributed by atoms with E-state index in [1.807, 2.05) is 0 Å². The van der Waals surface area contributed by atoms with Crippen LogP contribution in [0.1, 0.15) is 10.6 Å². The van der Waals surface area contributed by atoms with Crippen LogP contribution in [0, 0.1) is 6.92 Å². The average molecular weight is 324 g/mol. The van der Waals surface area contributed by atoms with Crippen LogP contribution in [0.5, 0.6) is 0 Å². The van der Waals surface area contributed by atoms with E-state index in [0.29, 0.717) is 16.3 Å². The maximum atomic E-state index is 12.1. The third-order valence-corrected chi connectivity index (χ3v) is 5.20. The van der Waals surface area contributed by atoms with Crippen molar-refractivity contribution in [3.63, 3.8) is 0 Å². The lowest BCUT2D eigenvalue weighted by Crippen LogP contribution is -2.11. The molecular formula is C13H12N2O4S2. The van der Waals surface area contributed by atoms with Gasteiger partial charge in [-0.1, -0.05) is 12.1 Å². The van der Waals surface area contributed by atoms with E-state index in [1.165, 1.54) is 12.3 Å². The highest BCUT2D eigenvalue weighted by Crippen LogP contribution is 2.21. The van der Waals surface area contributed by atoms with Gasteiger partial charge in [-0.15, -0.1) is 11.3 Å². The molecule has 0 aliphatic heterocycles. The number of nitrogens with one attached hydrogen (secondary N) is 1. The number of carboxylic acids is 1. The van der Waals surface area contributed by atoms with Crippen LogP contribution in [0.15, 0.2) is 40.7 Å². The zero-order valence-electron chi connectivity index (χ0n) is 11.0. The SMILES string of the molecule is Cc1ncc(S(=O)(=O)Nc2ccc(/C=C/C(=O)O)cc2)s1. The second-order valence-electron chi connectivity index (χ2n) is 4.10. The summed E-state index contributed by atoms with van der Waals surface area (Å²) in [6.07, 6.45) is 3.75. The topological polar surface area (TPSA) is 96.4 Å². The van der Waals surface area contributed by atoms with Crippen LogP contribution < -0.4 is 4.72 Å². The number of aromatic nitrogens is 1. The fraction of sp³-hybridized carbons (Fsp3) is 0.0769. The molecule has 1 heterocycles. The largest absolute Gasteiger partial charge is 0.478 e. The summed E-state index contributed by atoms with van der Waals surface area (Å²) < 4.78 is 26.8. The highest BCUT2D eigenvalue weighted by atomic mass is 32.2. The van der Waals surface area contributed by atoms with Gasteiger partial charge in [-0.05, 0) is 30.7 Å². The molecule has 0 atom stereocenters. The van der Waals surface area contributed by atoms with Crippen LogP contribution >= 0.6 is 11.3 Å². The first-order valence-corrected chi connectivity index (χ1v) is 8.13. The molecule has 2 N–H and O–H groups in total. The Morgan fingerprint density at radius 1 is 1.33 bits per heavy atom. The van der Waals surface area contributed by atoms with Gasteiger partial charge in [-0.2, -0.15) is 0 Å². The van der Waals surface area contributed by atoms with Gasteiger partial charge >= 0.3 is 5.97 Å². The molecule has 0 fully saturated rings. The van der Waals surface area contributed by atoms with E-state index >= 15 is 0 Å². The molecule has 1 aromatic carbocycles. The lowest BCUT2D eigenvalue weighted by atomic mass is 10.2. The fourth-order valence-corrected chi connectivity index (χ4v) is 3.67. The minimum Gasteiger partial charge on any atom is -0.478 e. The fourth-order valence-electron chi connectivity index (χ4n) is 1.50. The number of carboxylic acid groups (broad SMARTS) is 1. The Balaban J connectivity index is 2.15. The van der Waals surface area contributed by atoms with E-state index in [1.54, 1.807) is 31.2 Å².